The van der Waals surface area contributed by atoms with Crippen molar-refractivity contribution in [1.82, 2.24) is 0 Å². The molecule has 0 aromatic carbocycles. The SMILES string of the molecule is CCC1CCC(CC)C2CC(C(C)C(C)C)CC12. The lowest BCUT2D eigenvalue weighted by molar-refractivity contribution is 0.109. The van der Waals surface area contributed by atoms with Gasteiger partial charge < -0.3 is 0 Å². The summed E-state index contributed by atoms with van der Waals surface area (Å²) in [5.74, 6) is 7.12. The Morgan fingerprint density at radius 3 is 1.61 bits per heavy atom. The molecular formula is C18H34. The van der Waals surface area contributed by atoms with E-state index in [0.29, 0.717) is 0 Å². The van der Waals surface area contributed by atoms with Gasteiger partial charge in [0.25, 0.3) is 0 Å². The van der Waals surface area contributed by atoms with E-state index in [-0.39, 0.29) is 0 Å². The molecule has 0 nitrogen and oxygen atoms in total. The van der Waals surface area contributed by atoms with Gasteiger partial charge in [-0.2, -0.15) is 0 Å². The molecule has 2 saturated carbocycles. The zero-order chi connectivity index (χ0) is 13.3. The molecule has 0 bridgehead atoms. The van der Waals surface area contributed by atoms with Crippen LogP contribution in [0.15, 0.2) is 0 Å². The standard InChI is InChI=1S/C18H34/c1-6-14-8-9-15(7-2)18-11-16(10-17(14)18)13(5)12(3)4/h12-18H,6-11H2,1-5H3. The van der Waals surface area contributed by atoms with Gasteiger partial charge in [-0.15, -0.1) is 0 Å². The summed E-state index contributed by atoms with van der Waals surface area (Å²) < 4.78 is 0. The van der Waals surface area contributed by atoms with Crippen LogP contribution in [0.4, 0.5) is 0 Å². The average Bonchev–Trinajstić information content (AvgIpc) is 2.81. The second kappa shape index (κ2) is 5.97. The Hall–Kier alpha value is 0. The smallest absolute Gasteiger partial charge is 0.0352 e. The van der Waals surface area contributed by atoms with Crippen molar-refractivity contribution in [2.24, 2.45) is 41.4 Å². The summed E-state index contributed by atoms with van der Waals surface area (Å²) in [6.45, 7) is 12.2. The van der Waals surface area contributed by atoms with Crippen LogP contribution in [0.3, 0.4) is 0 Å². The molecule has 2 aliphatic carbocycles. The predicted octanol–water partition coefficient (Wildman–Crippen LogP) is 5.77. The molecule has 106 valence electrons. The van der Waals surface area contributed by atoms with Crippen molar-refractivity contribution in [3.05, 3.63) is 0 Å². The van der Waals surface area contributed by atoms with Gasteiger partial charge in [0.1, 0.15) is 0 Å². The molecule has 0 N–H and O–H groups in total. The van der Waals surface area contributed by atoms with Gasteiger partial charge in [0.05, 0.1) is 0 Å². The van der Waals surface area contributed by atoms with E-state index < -0.39 is 0 Å². The van der Waals surface area contributed by atoms with Gasteiger partial charge in [0.2, 0.25) is 0 Å². The van der Waals surface area contributed by atoms with E-state index in [2.05, 4.69) is 34.6 Å². The number of hydrogen-bond donors (Lipinski definition) is 0. The molecule has 2 rings (SSSR count). The first kappa shape index (κ1) is 14.4. The highest BCUT2D eigenvalue weighted by molar-refractivity contribution is 4.95. The Morgan fingerprint density at radius 1 is 0.833 bits per heavy atom. The molecule has 0 radical (unpaired) electrons. The minimum Gasteiger partial charge on any atom is -0.0651 e. The van der Waals surface area contributed by atoms with Crippen LogP contribution in [0.1, 0.15) is 73.1 Å². The lowest BCUT2D eigenvalue weighted by Gasteiger charge is -2.39. The first-order valence-electron chi connectivity index (χ1n) is 8.58. The van der Waals surface area contributed by atoms with E-state index in [1.54, 1.807) is 12.8 Å². The van der Waals surface area contributed by atoms with Crippen molar-refractivity contribution in [2.45, 2.75) is 73.1 Å². The third kappa shape index (κ3) is 2.63. The minimum absolute atomic E-state index is 0.871. The zero-order valence-corrected chi connectivity index (χ0v) is 13.3. The van der Waals surface area contributed by atoms with Gasteiger partial charge in [-0.1, -0.05) is 47.5 Å². The van der Waals surface area contributed by atoms with Gasteiger partial charge in [-0.25, -0.2) is 0 Å². The molecular weight excluding hydrogens is 216 g/mol. The Labute approximate surface area is 115 Å². The monoisotopic (exact) mass is 250 g/mol. The lowest BCUT2D eigenvalue weighted by atomic mass is 9.66. The summed E-state index contributed by atoms with van der Waals surface area (Å²) in [4.78, 5) is 0. The van der Waals surface area contributed by atoms with Crippen LogP contribution in [-0.4, -0.2) is 0 Å². The number of fused-ring (bicyclic) bond motifs is 1. The Kier molecular flexibility index (Phi) is 4.78. The maximum atomic E-state index is 2.51. The summed E-state index contributed by atoms with van der Waals surface area (Å²) in [5.41, 5.74) is 0. The van der Waals surface area contributed by atoms with Gasteiger partial charge >= 0.3 is 0 Å². The van der Waals surface area contributed by atoms with Crippen LogP contribution in [0.5, 0.6) is 0 Å². The van der Waals surface area contributed by atoms with E-state index in [0.717, 1.165) is 41.4 Å². The lowest BCUT2D eigenvalue weighted by Crippen LogP contribution is -2.30. The van der Waals surface area contributed by atoms with Crippen LogP contribution in [0.2, 0.25) is 0 Å². The molecule has 0 aromatic heterocycles. The van der Waals surface area contributed by atoms with Gasteiger partial charge in [-0.3, -0.25) is 0 Å². The highest BCUT2D eigenvalue weighted by Gasteiger charge is 2.45. The molecule has 0 heterocycles. The van der Waals surface area contributed by atoms with Gasteiger partial charge in [0.15, 0.2) is 0 Å². The summed E-state index contributed by atoms with van der Waals surface area (Å²) in [5, 5.41) is 0. The van der Waals surface area contributed by atoms with Crippen molar-refractivity contribution in [3.8, 4) is 0 Å². The van der Waals surface area contributed by atoms with Crippen LogP contribution < -0.4 is 0 Å². The van der Waals surface area contributed by atoms with Crippen LogP contribution in [-0.2, 0) is 0 Å². The third-order valence-corrected chi connectivity index (χ3v) is 6.66. The van der Waals surface area contributed by atoms with Crippen molar-refractivity contribution >= 4 is 0 Å². The molecule has 0 heteroatoms. The molecule has 2 fully saturated rings. The highest BCUT2D eigenvalue weighted by atomic mass is 14.5. The van der Waals surface area contributed by atoms with Crippen molar-refractivity contribution < 1.29 is 0 Å². The third-order valence-electron chi connectivity index (χ3n) is 6.66. The highest BCUT2D eigenvalue weighted by Crippen LogP contribution is 2.54. The van der Waals surface area contributed by atoms with E-state index in [1.807, 2.05) is 0 Å². The quantitative estimate of drug-likeness (QED) is 0.594. The van der Waals surface area contributed by atoms with Crippen molar-refractivity contribution in [1.29, 1.82) is 0 Å². The second-order valence-electron chi connectivity index (χ2n) is 7.58. The van der Waals surface area contributed by atoms with Crippen LogP contribution in [0, 0.1) is 41.4 Å². The summed E-state index contributed by atoms with van der Waals surface area (Å²) in [6, 6.07) is 0. The fourth-order valence-electron chi connectivity index (χ4n) is 5.07. The summed E-state index contributed by atoms with van der Waals surface area (Å²) in [6.07, 6.45) is 9.02. The van der Waals surface area contributed by atoms with Gasteiger partial charge in [0, 0.05) is 0 Å². The van der Waals surface area contributed by atoms with Gasteiger partial charge in [-0.05, 0) is 67.1 Å². The Morgan fingerprint density at radius 2 is 1.28 bits per heavy atom. The summed E-state index contributed by atoms with van der Waals surface area (Å²) >= 11 is 0. The van der Waals surface area contributed by atoms with E-state index >= 15 is 0 Å². The molecule has 0 saturated heterocycles. The number of rotatable bonds is 4. The number of hydrogen-bond acceptors (Lipinski definition) is 0. The van der Waals surface area contributed by atoms with Crippen LogP contribution >= 0.6 is 0 Å². The van der Waals surface area contributed by atoms with E-state index in [4.69, 9.17) is 0 Å². The largest absolute Gasteiger partial charge is 0.0651 e. The maximum Gasteiger partial charge on any atom is -0.0352 e. The molecule has 0 aromatic rings. The molecule has 0 aliphatic heterocycles. The van der Waals surface area contributed by atoms with E-state index in [1.165, 1.54) is 25.7 Å². The molecule has 5 atom stereocenters. The zero-order valence-electron chi connectivity index (χ0n) is 13.3. The topological polar surface area (TPSA) is 0 Å². The first-order chi connectivity index (χ1) is 8.58. The molecule has 0 amide bonds. The summed E-state index contributed by atoms with van der Waals surface area (Å²) in [7, 11) is 0. The van der Waals surface area contributed by atoms with Crippen LogP contribution in [0.25, 0.3) is 0 Å². The first-order valence-corrected chi connectivity index (χ1v) is 8.58. The average molecular weight is 250 g/mol. The molecule has 5 unspecified atom stereocenters. The Balaban J connectivity index is 2.07. The maximum absolute atomic E-state index is 2.51. The predicted molar refractivity (Wildman–Crippen MR) is 80.5 cm³/mol. The van der Waals surface area contributed by atoms with E-state index in [9.17, 15) is 0 Å². The van der Waals surface area contributed by atoms with Crippen molar-refractivity contribution in [2.75, 3.05) is 0 Å². The molecule has 0 spiro atoms. The minimum atomic E-state index is 0.871. The second-order valence-corrected chi connectivity index (χ2v) is 7.58. The fraction of sp³-hybridized carbons (Fsp3) is 1.00. The Bertz CT molecular complexity index is 235. The fourth-order valence-corrected chi connectivity index (χ4v) is 5.07. The normalized spacial score (nSPS) is 42.0. The molecule has 18 heavy (non-hydrogen) atoms. The van der Waals surface area contributed by atoms with Crippen molar-refractivity contribution in [3.63, 3.8) is 0 Å². The molecule has 2 aliphatic rings.